The van der Waals surface area contributed by atoms with Gasteiger partial charge in [0.2, 0.25) is 0 Å². The summed E-state index contributed by atoms with van der Waals surface area (Å²) in [7, 11) is -3.87. The number of amides is 1. The molecule has 0 bridgehead atoms. The van der Waals surface area contributed by atoms with Crippen molar-refractivity contribution in [2.75, 3.05) is 17.4 Å². The molecule has 1 atom stereocenters. The molecule has 33 heavy (non-hydrogen) atoms. The summed E-state index contributed by atoms with van der Waals surface area (Å²) in [6.07, 6.45) is 2.67. The molecule has 0 fully saturated rings. The minimum Gasteiger partial charge on any atom is -0.444 e. The van der Waals surface area contributed by atoms with E-state index in [0.29, 0.717) is 30.2 Å². The Hall–Kier alpha value is -3.10. The molecule has 0 spiro atoms. The maximum absolute atomic E-state index is 13.4. The summed E-state index contributed by atoms with van der Waals surface area (Å²) < 4.78 is 34.0. The highest BCUT2D eigenvalue weighted by Gasteiger charge is 2.35. The van der Waals surface area contributed by atoms with Gasteiger partial charge in [0.05, 0.1) is 17.1 Å². The van der Waals surface area contributed by atoms with Gasteiger partial charge in [0.1, 0.15) is 6.10 Å². The van der Waals surface area contributed by atoms with Gasteiger partial charge in [-0.1, -0.05) is 29.8 Å². The summed E-state index contributed by atoms with van der Waals surface area (Å²) in [4.78, 5) is 18.6. The lowest BCUT2D eigenvalue weighted by Gasteiger charge is -2.35. The van der Waals surface area contributed by atoms with Crippen molar-refractivity contribution in [1.82, 2.24) is 9.88 Å². The first kappa shape index (κ1) is 23.1. The Morgan fingerprint density at radius 3 is 2.52 bits per heavy atom. The molecule has 0 radical (unpaired) electrons. The molecule has 0 saturated carbocycles. The molecule has 7 nitrogen and oxygen atoms in total. The average Bonchev–Trinajstić information content (AvgIpc) is 2.83. The first-order valence-corrected chi connectivity index (χ1v) is 12.4. The molecule has 1 amide bonds. The fourth-order valence-electron chi connectivity index (χ4n) is 3.79. The minimum atomic E-state index is -3.87. The van der Waals surface area contributed by atoms with E-state index in [2.05, 4.69) is 4.98 Å². The van der Waals surface area contributed by atoms with Gasteiger partial charge in [0, 0.05) is 36.9 Å². The highest BCUT2D eigenvalue weighted by atomic mass is 35.5. The second-order valence-corrected chi connectivity index (χ2v) is 10.00. The Bertz CT molecular complexity index is 1220. The van der Waals surface area contributed by atoms with E-state index < -0.39 is 22.2 Å². The fraction of sp³-hybridized carbons (Fsp3) is 0.250. The van der Waals surface area contributed by atoms with Crippen LogP contribution >= 0.6 is 11.6 Å². The third kappa shape index (κ3) is 5.12. The van der Waals surface area contributed by atoms with Crippen LogP contribution in [0, 0.1) is 0 Å². The SMILES string of the molecule is CCN(Cc1ccncc1)C(=O)OC1Cc2ccccc2N(S(=O)(=O)c2ccc(Cl)cc2)C1. The lowest BCUT2D eigenvalue weighted by molar-refractivity contribution is 0.0643. The molecular formula is C24H24ClN3O4S. The van der Waals surface area contributed by atoms with E-state index in [4.69, 9.17) is 16.3 Å². The topological polar surface area (TPSA) is 79.8 Å². The predicted molar refractivity (Wildman–Crippen MR) is 127 cm³/mol. The van der Waals surface area contributed by atoms with Crippen LogP contribution in [0.15, 0.2) is 78.0 Å². The minimum absolute atomic E-state index is 0.0283. The number of carbonyl (C=O) groups is 1. The maximum Gasteiger partial charge on any atom is 0.410 e. The number of hydrogen-bond donors (Lipinski definition) is 0. The molecule has 2 heterocycles. The second-order valence-electron chi connectivity index (χ2n) is 7.70. The van der Waals surface area contributed by atoms with Crippen molar-refractivity contribution in [3.8, 4) is 0 Å². The number of pyridine rings is 1. The molecule has 172 valence electrons. The van der Waals surface area contributed by atoms with Gasteiger partial charge < -0.3 is 9.64 Å². The largest absolute Gasteiger partial charge is 0.444 e. The zero-order chi connectivity index (χ0) is 23.4. The average molecular weight is 486 g/mol. The van der Waals surface area contributed by atoms with E-state index in [1.807, 2.05) is 31.2 Å². The highest BCUT2D eigenvalue weighted by molar-refractivity contribution is 7.92. The number of hydrogen-bond acceptors (Lipinski definition) is 5. The van der Waals surface area contributed by atoms with Crippen LogP contribution in [0.25, 0.3) is 0 Å². The zero-order valence-electron chi connectivity index (χ0n) is 18.1. The Morgan fingerprint density at radius 1 is 1.12 bits per heavy atom. The van der Waals surface area contributed by atoms with Gasteiger partial charge in [-0.25, -0.2) is 13.2 Å². The van der Waals surface area contributed by atoms with E-state index in [1.165, 1.54) is 16.4 Å². The van der Waals surface area contributed by atoms with Crippen LogP contribution in [-0.4, -0.2) is 43.6 Å². The summed E-state index contributed by atoms with van der Waals surface area (Å²) in [5.74, 6) is 0. The molecule has 9 heteroatoms. The van der Waals surface area contributed by atoms with Crippen molar-refractivity contribution in [1.29, 1.82) is 0 Å². The smallest absolute Gasteiger partial charge is 0.410 e. The molecule has 1 aliphatic heterocycles. The molecule has 2 aromatic carbocycles. The standard InChI is InChI=1S/C24H24ClN3O4S/c1-2-27(16-18-11-13-26-14-12-18)24(29)32-21-15-19-5-3-4-6-23(19)28(17-21)33(30,31)22-9-7-20(25)8-10-22/h3-14,21H,2,15-17H2,1H3. The van der Waals surface area contributed by atoms with E-state index in [9.17, 15) is 13.2 Å². The first-order valence-electron chi connectivity index (χ1n) is 10.6. The molecule has 1 unspecified atom stereocenters. The predicted octanol–water partition coefficient (Wildman–Crippen LogP) is 4.51. The number of carbonyl (C=O) groups excluding carboxylic acids is 1. The Morgan fingerprint density at radius 2 is 1.82 bits per heavy atom. The number of rotatable bonds is 6. The lowest BCUT2D eigenvalue weighted by atomic mass is 10.0. The first-order chi connectivity index (χ1) is 15.9. The van der Waals surface area contributed by atoms with Crippen LogP contribution in [-0.2, 0) is 27.7 Å². The number of benzene rings is 2. The highest BCUT2D eigenvalue weighted by Crippen LogP contribution is 2.33. The summed E-state index contributed by atoms with van der Waals surface area (Å²) >= 11 is 5.94. The van der Waals surface area contributed by atoms with Gasteiger partial charge in [0.25, 0.3) is 10.0 Å². The van der Waals surface area contributed by atoms with Gasteiger partial charge >= 0.3 is 6.09 Å². The monoisotopic (exact) mass is 485 g/mol. The van der Waals surface area contributed by atoms with Crippen molar-refractivity contribution in [3.05, 3.63) is 89.2 Å². The summed E-state index contributed by atoms with van der Waals surface area (Å²) in [6, 6.07) is 17.0. The van der Waals surface area contributed by atoms with Crippen LogP contribution in [0.4, 0.5) is 10.5 Å². The quantitative estimate of drug-likeness (QED) is 0.513. The number of fused-ring (bicyclic) bond motifs is 1. The summed E-state index contributed by atoms with van der Waals surface area (Å²) in [5.41, 5.74) is 2.32. The van der Waals surface area contributed by atoms with Crippen LogP contribution in [0.2, 0.25) is 5.02 Å². The number of nitrogens with zero attached hydrogens (tertiary/aromatic N) is 3. The van der Waals surface area contributed by atoms with Crippen LogP contribution < -0.4 is 4.31 Å². The van der Waals surface area contributed by atoms with Gasteiger partial charge in [-0.2, -0.15) is 0 Å². The Labute approximate surface area is 198 Å². The van der Waals surface area contributed by atoms with Gasteiger partial charge in [-0.05, 0) is 60.5 Å². The van der Waals surface area contributed by atoms with Crippen LogP contribution in [0.5, 0.6) is 0 Å². The van der Waals surface area contributed by atoms with E-state index in [1.54, 1.807) is 41.6 Å². The van der Waals surface area contributed by atoms with E-state index in [-0.39, 0.29) is 11.4 Å². The maximum atomic E-state index is 13.4. The molecule has 4 rings (SSSR count). The molecule has 1 aromatic heterocycles. The van der Waals surface area contributed by atoms with Crippen molar-refractivity contribution >= 4 is 33.4 Å². The summed E-state index contributed by atoms with van der Waals surface area (Å²) in [6.45, 7) is 2.74. The molecule has 0 aliphatic carbocycles. The summed E-state index contributed by atoms with van der Waals surface area (Å²) in [5, 5.41) is 0.452. The van der Waals surface area contributed by atoms with E-state index >= 15 is 0 Å². The van der Waals surface area contributed by atoms with E-state index in [0.717, 1.165) is 11.1 Å². The fourth-order valence-corrected chi connectivity index (χ4v) is 5.45. The third-order valence-corrected chi connectivity index (χ3v) is 7.56. The number of anilines is 1. The van der Waals surface area contributed by atoms with Crippen LogP contribution in [0.3, 0.4) is 0 Å². The van der Waals surface area contributed by atoms with Crippen molar-refractivity contribution in [2.24, 2.45) is 0 Å². The number of ether oxygens (including phenoxy) is 1. The normalized spacial score (nSPS) is 15.6. The third-order valence-electron chi connectivity index (χ3n) is 5.51. The number of para-hydroxylation sites is 1. The molecule has 0 N–H and O–H groups in total. The van der Waals surface area contributed by atoms with Gasteiger partial charge in [-0.15, -0.1) is 0 Å². The molecular weight excluding hydrogens is 462 g/mol. The number of aromatic nitrogens is 1. The van der Waals surface area contributed by atoms with Gasteiger partial charge in [0.15, 0.2) is 0 Å². The zero-order valence-corrected chi connectivity index (χ0v) is 19.7. The molecule has 1 aliphatic rings. The Balaban J connectivity index is 1.57. The van der Waals surface area contributed by atoms with Crippen LogP contribution in [0.1, 0.15) is 18.1 Å². The van der Waals surface area contributed by atoms with Crippen molar-refractivity contribution < 1.29 is 17.9 Å². The lowest BCUT2D eigenvalue weighted by Crippen LogP contribution is -2.45. The van der Waals surface area contributed by atoms with Crippen molar-refractivity contribution in [3.63, 3.8) is 0 Å². The Kier molecular flexibility index (Phi) is 6.85. The number of sulfonamides is 1. The second kappa shape index (κ2) is 9.80. The molecule has 3 aromatic rings. The molecule has 0 saturated heterocycles. The van der Waals surface area contributed by atoms with Crippen molar-refractivity contribution in [2.45, 2.75) is 30.9 Å². The number of halogens is 1. The van der Waals surface area contributed by atoms with Gasteiger partial charge in [-0.3, -0.25) is 9.29 Å².